The molecule has 2 aromatic rings. The summed E-state index contributed by atoms with van der Waals surface area (Å²) in [6.45, 7) is 4.20. The molecule has 2 heterocycles. The quantitative estimate of drug-likeness (QED) is 0.586. The van der Waals surface area contributed by atoms with Crippen molar-refractivity contribution in [2.24, 2.45) is 0 Å². The molecule has 0 atom stereocenters. The average Bonchev–Trinajstić information content (AvgIpc) is 3.35. The fraction of sp³-hybridized carbons (Fsp3) is 0.400. The lowest BCUT2D eigenvalue weighted by molar-refractivity contribution is -0.141. The number of halogens is 2. The highest BCUT2D eigenvalue weighted by atomic mass is 35.5. The van der Waals surface area contributed by atoms with Crippen molar-refractivity contribution in [3.63, 3.8) is 0 Å². The summed E-state index contributed by atoms with van der Waals surface area (Å²) in [6, 6.07) is 8.83. The summed E-state index contributed by atoms with van der Waals surface area (Å²) in [5.41, 5.74) is 0.865. The van der Waals surface area contributed by atoms with Gasteiger partial charge in [-0.05, 0) is 43.7 Å². The van der Waals surface area contributed by atoms with Crippen LogP contribution >= 0.6 is 23.2 Å². The lowest BCUT2D eigenvalue weighted by Crippen LogP contribution is -2.47. The van der Waals surface area contributed by atoms with E-state index in [9.17, 15) is 9.59 Å². The number of rotatable bonds is 8. The van der Waals surface area contributed by atoms with E-state index in [-0.39, 0.29) is 31.8 Å². The summed E-state index contributed by atoms with van der Waals surface area (Å²) in [5.74, 6) is 1.19. The summed E-state index contributed by atoms with van der Waals surface area (Å²) in [7, 11) is 0. The van der Waals surface area contributed by atoms with Crippen molar-refractivity contribution in [2.45, 2.75) is 37.8 Å². The second kappa shape index (κ2) is 9.41. The fourth-order valence-corrected chi connectivity index (χ4v) is 3.22. The first-order valence-corrected chi connectivity index (χ1v) is 9.99. The van der Waals surface area contributed by atoms with Crippen molar-refractivity contribution in [3.8, 4) is 11.5 Å². The van der Waals surface area contributed by atoms with Crippen molar-refractivity contribution in [1.29, 1.82) is 0 Å². The van der Waals surface area contributed by atoms with Crippen LogP contribution in [-0.2, 0) is 22.7 Å². The molecule has 29 heavy (non-hydrogen) atoms. The third kappa shape index (κ3) is 5.36. The summed E-state index contributed by atoms with van der Waals surface area (Å²) < 4.78 is 16.1. The number of fused-ring (bicyclic) bond motifs is 1. The fourth-order valence-electron chi connectivity index (χ4n) is 2.97. The largest absolute Gasteiger partial charge is 0.467 e. The third-order valence-corrected chi connectivity index (χ3v) is 4.86. The smallest absolute Gasteiger partial charge is 0.256 e. The molecule has 3 rings (SSSR count). The molecule has 0 spiro atoms. The van der Waals surface area contributed by atoms with Crippen LogP contribution in [0.25, 0.3) is 0 Å². The number of ether oxygens (including phenoxy) is 2. The van der Waals surface area contributed by atoms with Crippen LogP contribution in [0.3, 0.4) is 0 Å². The minimum Gasteiger partial charge on any atom is -0.467 e. The second-order valence-corrected chi connectivity index (χ2v) is 7.97. The number of alkyl halides is 2. The Labute approximate surface area is 179 Å². The van der Waals surface area contributed by atoms with Gasteiger partial charge >= 0.3 is 0 Å². The number of carbonyl (C=O) groups is 2. The van der Waals surface area contributed by atoms with Gasteiger partial charge in [0.05, 0.1) is 12.8 Å². The van der Waals surface area contributed by atoms with E-state index >= 15 is 0 Å². The highest BCUT2D eigenvalue weighted by Crippen LogP contribution is 2.33. The van der Waals surface area contributed by atoms with E-state index in [4.69, 9.17) is 37.1 Å². The average molecular weight is 441 g/mol. The number of furan rings is 1. The Morgan fingerprint density at radius 1 is 1.10 bits per heavy atom. The predicted octanol–water partition coefficient (Wildman–Crippen LogP) is 3.58. The zero-order chi connectivity index (χ0) is 21.0. The number of hydrogen-bond donors (Lipinski definition) is 0. The molecule has 0 saturated heterocycles. The Bertz CT molecular complexity index is 855. The zero-order valence-electron chi connectivity index (χ0n) is 16.1. The van der Waals surface area contributed by atoms with Crippen molar-refractivity contribution in [3.05, 3.63) is 47.9 Å². The van der Waals surface area contributed by atoms with E-state index < -0.39 is 10.7 Å². The first-order valence-electron chi connectivity index (χ1n) is 9.12. The Hall–Kier alpha value is -2.38. The molecule has 0 radical (unpaired) electrons. The van der Waals surface area contributed by atoms with Crippen molar-refractivity contribution >= 4 is 35.0 Å². The van der Waals surface area contributed by atoms with Gasteiger partial charge in [0.2, 0.25) is 12.7 Å². The first kappa shape index (κ1) is 21.3. The molecule has 0 bridgehead atoms. The summed E-state index contributed by atoms with van der Waals surface area (Å²) in [4.78, 5) is 27.1. The molecule has 9 heteroatoms. The van der Waals surface area contributed by atoms with Crippen LogP contribution in [0.4, 0.5) is 0 Å². The van der Waals surface area contributed by atoms with Crippen LogP contribution < -0.4 is 9.47 Å². The molecule has 0 aliphatic carbocycles. The van der Waals surface area contributed by atoms with E-state index in [1.54, 1.807) is 37.1 Å². The normalized spacial score (nSPS) is 12.5. The molecule has 1 aromatic heterocycles. The molecule has 0 N–H and O–H groups in total. The Balaban J connectivity index is 1.78. The van der Waals surface area contributed by atoms with Gasteiger partial charge in [0, 0.05) is 12.6 Å². The zero-order valence-corrected chi connectivity index (χ0v) is 17.7. The molecular weight excluding hydrogens is 419 g/mol. The van der Waals surface area contributed by atoms with E-state index in [0.29, 0.717) is 23.8 Å². The molecule has 0 fully saturated rings. The highest BCUT2D eigenvalue weighted by molar-refractivity contribution is 6.53. The summed E-state index contributed by atoms with van der Waals surface area (Å²) in [5, 5.41) is 0. The van der Waals surface area contributed by atoms with Crippen LogP contribution in [0, 0.1) is 0 Å². The standard InChI is InChI=1S/C20H22Cl2N2O5/c1-13(2)24(20(26)19(21)22)11-18(25)23(10-15-4-3-7-27-15)9-14-5-6-16-17(8-14)29-12-28-16/h3-8,13,19H,9-12H2,1-2H3. The lowest BCUT2D eigenvalue weighted by Gasteiger charge is -2.30. The minimum absolute atomic E-state index is 0.141. The summed E-state index contributed by atoms with van der Waals surface area (Å²) >= 11 is 11.5. The first-order chi connectivity index (χ1) is 13.8. The predicted molar refractivity (Wildman–Crippen MR) is 108 cm³/mol. The van der Waals surface area contributed by atoms with Gasteiger partial charge in [0.15, 0.2) is 16.3 Å². The number of hydrogen-bond acceptors (Lipinski definition) is 5. The molecule has 156 valence electrons. The van der Waals surface area contributed by atoms with Crippen molar-refractivity contribution in [1.82, 2.24) is 9.80 Å². The van der Waals surface area contributed by atoms with Gasteiger partial charge in [-0.1, -0.05) is 29.3 Å². The molecule has 1 aromatic carbocycles. The Kier molecular flexibility index (Phi) is 6.92. The maximum Gasteiger partial charge on any atom is 0.256 e. The molecule has 2 amide bonds. The Morgan fingerprint density at radius 3 is 2.52 bits per heavy atom. The third-order valence-electron chi connectivity index (χ3n) is 4.49. The maximum atomic E-state index is 13.1. The van der Waals surface area contributed by atoms with Crippen LogP contribution in [0.5, 0.6) is 11.5 Å². The van der Waals surface area contributed by atoms with Crippen LogP contribution in [0.2, 0.25) is 0 Å². The van der Waals surface area contributed by atoms with Gasteiger partial charge < -0.3 is 23.7 Å². The van der Waals surface area contributed by atoms with Crippen LogP contribution in [0.1, 0.15) is 25.2 Å². The lowest BCUT2D eigenvalue weighted by atomic mass is 10.1. The number of carbonyl (C=O) groups excluding carboxylic acids is 2. The van der Waals surface area contributed by atoms with E-state index in [1.807, 2.05) is 18.2 Å². The number of nitrogens with zero attached hydrogens (tertiary/aromatic N) is 2. The van der Waals surface area contributed by atoms with Gasteiger partial charge in [-0.2, -0.15) is 0 Å². The second-order valence-electron chi connectivity index (χ2n) is 6.88. The van der Waals surface area contributed by atoms with Gasteiger partial charge in [-0.3, -0.25) is 9.59 Å². The van der Waals surface area contributed by atoms with Gasteiger partial charge in [-0.15, -0.1) is 0 Å². The van der Waals surface area contributed by atoms with Crippen LogP contribution in [0.15, 0.2) is 41.0 Å². The molecule has 1 aliphatic rings. The van der Waals surface area contributed by atoms with E-state index in [1.165, 1.54) is 4.90 Å². The maximum absolute atomic E-state index is 13.1. The minimum atomic E-state index is -1.22. The van der Waals surface area contributed by atoms with E-state index in [0.717, 1.165) is 5.56 Å². The van der Waals surface area contributed by atoms with Gasteiger partial charge in [-0.25, -0.2) is 0 Å². The summed E-state index contributed by atoms with van der Waals surface area (Å²) in [6.07, 6.45) is 1.55. The Morgan fingerprint density at radius 2 is 1.86 bits per heavy atom. The number of benzene rings is 1. The molecular formula is C20H22Cl2N2O5. The van der Waals surface area contributed by atoms with Crippen LogP contribution in [-0.4, -0.2) is 45.8 Å². The molecule has 0 saturated carbocycles. The van der Waals surface area contributed by atoms with Crippen molar-refractivity contribution < 1.29 is 23.5 Å². The highest BCUT2D eigenvalue weighted by Gasteiger charge is 2.27. The molecule has 7 nitrogen and oxygen atoms in total. The monoisotopic (exact) mass is 440 g/mol. The van der Waals surface area contributed by atoms with Gasteiger partial charge in [0.1, 0.15) is 12.3 Å². The van der Waals surface area contributed by atoms with E-state index in [2.05, 4.69) is 0 Å². The SMILES string of the molecule is CC(C)N(CC(=O)N(Cc1ccc2c(c1)OCO2)Cc1ccco1)C(=O)C(Cl)Cl. The van der Waals surface area contributed by atoms with Crippen molar-refractivity contribution in [2.75, 3.05) is 13.3 Å². The topological polar surface area (TPSA) is 72.2 Å². The van der Waals surface area contributed by atoms with Gasteiger partial charge in [0.25, 0.3) is 5.91 Å². The molecule has 1 aliphatic heterocycles. The molecule has 0 unspecified atom stereocenters. The number of amides is 2.